The van der Waals surface area contributed by atoms with Crippen LogP contribution in [-0.2, 0) is 0 Å². The molecule has 13 heavy (non-hydrogen) atoms. The van der Waals surface area contributed by atoms with Gasteiger partial charge in [0.05, 0.1) is 0 Å². The Balaban J connectivity index is 2.47. The number of aromatic nitrogens is 2. The number of nitrogens with zero attached hydrogens (tertiary/aromatic N) is 1. The summed E-state index contributed by atoms with van der Waals surface area (Å²) in [6.45, 7) is 0. The molecular weight excluding hydrogens is 175 g/mol. The first-order valence-electron chi connectivity index (χ1n) is 3.57. The van der Waals surface area contributed by atoms with Crippen LogP contribution in [0.5, 0.6) is 0 Å². The van der Waals surface area contributed by atoms with E-state index in [1.54, 1.807) is 0 Å². The number of aromatic amines is 1. The maximum absolute atomic E-state index is 12.5. The highest BCUT2D eigenvalue weighted by Crippen LogP contribution is 2.14. The van der Waals surface area contributed by atoms with Crippen LogP contribution in [0, 0.1) is 5.82 Å². The fraction of sp³-hybridized carbons (Fsp3) is 0. The summed E-state index contributed by atoms with van der Waals surface area (Å²) in [7, 11) is 0. The lowest BCUT2D eigenvalue weighted by molar-refractivity contribution is 0.424. The van der Waals surface area contributed by atoms with Crippen LogP contribution < -0.4 is 5.69 Å². The minimum absolute atomic E-state index is 0.157. The number of hydrogen-bond donors (Lipinski definition) is 1. The zero-order chi connectivity index (χ0) is 9.26. The van der Waals surface area contributed by atoms with Gasteiger partial charge in [-0.05, 0) is 24.3 Å². The Morgan fingerprint density at radius 2 is 2.00 bits per heavy atom. The number of H-pyrrole nitrogens is 1. The van der Waals surface area contributed by atoms with Crippen molar-refractivity contribution in [1.82, 2.24) is 10.1 Å². The molecule has 0 unspecified atom stereocenters. The third-order valence-electron chi connectivity index (χ3n) is 1.53. The zero-order valence-corrected chi connectivity index (χ0v) is 6.45. The molecule has 0 bridgehead atoms. The van der Waals surface area contributed by atoms with Gasteiger partial charge in [-0.3, -0.25) is 0 Å². The van der Waals surface area contributed by atoms with Gasteiger partial charge in [-0.1, -0.05) is 0 Å². The number of benzene rings is 1. The van der Waals surface area contributed by atoms with Gasteiger partial charge in [-0.2, -0.15) is 10.1 Å². The summed E-state index contributed by atoms with van der Waals surface area (Å²) < 4.78 is 17.2. The second-order valence-corrected chi connectivity index (χ2v) is 2.43. The van der Waals surface area contributed by atoms with Crippen molar-refractivity contribution in [2.24, 2.45) is 0 Å². The van der Waals surface area contributed by atoms with Crippen molar-refractivity contribution in [2.75, 3.05) is 0 Å². The SMILES string of the molecule is O=c1nc(-c2ccc(F)cc2)o[nH]1. The van der Waals surface area contributed by atoms with Crippen molar-refractivity contribution in [2.45, 2.75) is 0 Å². The number of rotatable bonds is 1. The van der Waals surface area contributed by atoms with Crippen LogP contribution in [0.25, 0.3) is 11.5 Å². The molecule has 0 spiro atoms. The van der Waals surface area contributed by atoms with Gasteiger partial charge in [0.1, 0.15) is 5.82 Å². The van der Waals surface area contributed by atoms with Crippen LogP contribution >= 0.6 is 0 Å². The summed E-state index contributed by atoms with van der Waals surface area (Å²) in [5, 5.41) is 2.05. The number of halogens is 1. The third kappa shape index (κ3) is 1.48. The second-order valence-electron chi connectivity index (χ2n) is 2.43. The van der Waals surface area contributed by atoms with Crippen molar-refractivity contribution in [1.29, 1.82) is 0 Å². The maximum Gasteiger partial charge on any atom is 0.377 e. The molecule has 5 heteroatoms. The van der Waals surface area contributed by atoms with E-state index in [9.17, 15) is 9.18 Å². The summed E-state index contributed by atoms with van der Waals surface area (Å²) in [6, 6.07) is 5.50. The summed E-state index contributed by atoms with van der Waals surface area (Å²) in [4.78, 5) is 14.1. The maximum atomic E-state index is 12.5. The van der Waals surface area contributed by atoms with Crippen molar-refractivity contribution in [3.8, 4) is 11.5 Å². The molecule has 0 saturated carbocycles. The molecule has 0 aliphatic heterocycles. The van der Waals surface area contributed by atoms with E-state index in [0.29, 0.717) is 5.56 Å². The molecule has 2 aromatic rings. The molecular formula is C8H5FN2O2. The van der Waals surface area contributed by atoms with Crippen molar-refractivity contribution in [3.63, 3.8) is 0 Å². The Hall–Kier alpha value is -1.91. The first-order valence-corrected chi connectivity index (χ1v) is 3.57. The Bertz CT molecular complexity index is 457. The van der Waals surface area contributed by atoms with Crippen LogP contribution in [0.15, 0.2) is 33.6 Å². The molecule has 1 heterocycles. The van der Waals surface area contributed by atoms with Gasteiger partial charge in [0.15, 0.2) is 0 Å². The highest BCUT2D eigenvalue weighted by atomic mass is 19.1. The quantitative estimate of drug-likeness (QED) is 0.716. The van der Waals surface area contributed by atoms with Crippen LogP contribution in [0.1, 0.15) is 0 Å². The first kappa shape index (κ1) is 7.72. The number of hydrogen-bond acceptors (Lipinski definition) is 3. The highest BCUT2D eigenvalue weighted by molar-refractivity contribution is 5.51. The molecule has 1 N–H and O–H groups in total. The van der Waals surface area contributed by atoms with Gasteiger partial charge < -0.3 is 4.52 Å². The summed E-state index contributed by atoms with van der Waals surface area (Å²) in [5.41, 5.74) is -0.000856. The van der Waals surface area contributed by atoms with E-state index >= 15 is 0 Å². The lowest BCUT2D eigenvalue weighted by Gasteiger charge is -1.91. The predicted octanol–water partition coefficient (Wildman–Crippen LogP) is 1.17. The molecule has 0 aliphatic carbocycles. The average molecular weight is 180 g/mol. The van der Waals surface area contributed by atoms with E-state index in [1.165, 1.54) is 24.3 Å². The molecule has 0 atom stereocenters. The fourth-order valence-corrected chi connectivity index (χ4v) is 0.946. The number of nitrogens with one attached hydrogen (secondary N) is 1. The van der Waals surface area contributed by atoms with Crippen molar-refractivity contribution >= 4 is 0 Å². The van der Waals surface area contributed by atoms with Gasteiger partial charge >= 0.3 is 5.69 Å². The summed E-state index contributed by atoms with van der Waals surface area (Å²) >= 11 is 0. The fourth-order valence-electron chi connectivity index (χ4n) is 0.946. The average Bonchev–Trinajstić information content (AvgIpc) is 2.53. The third-order valence-corrected chi connectivity index (χ3v) is 1.53. The van der Waals surface area contributed by atoms with E-state index in [2.05, 4.69) is 4.98 Å². The Labute approximate surface area is 72.0 Å². The molecule has 4 nitrogen and oxygen atoms in total. The van der Waals surface area contributed by atoms with Gasteiger partial charge in [-0.15, -0.1) is 0 Å². The normalized spacial score (nSPS) is 10.2. The minimum Gasteiger partial charge on any atom is -0.357 e. The van der Waals surface area contributed by atoms with E-state index in [-0.39, 0.29) is 11.7 Å². The second kappa shape index (κ2) is 2.85. The predicted molar refractivity (Wildman–Crippen MR) is 42.5 cm³/mol. The largest absolute Gasteiger partial charge is 0.377 e. The monoisotopic (exact) mass is 180 g/mol. The minimum atomic E-state index is -0.556. The molecule has 0 amide bonds. The molecule has 1 aromatic heterocycles. The van der Waals surface area contributed by atoms with E-state index in [1.807, 2.05) is 5.16 Å². The van der Waals surface area contributed by atoms with Crippen molar-refractivity contribution < 1.29 is 8.91 Å². The Morgan fingerprint density at radius 1 is 1.31 bits per heavy atom. The van der Waals surface area contributed by atoms with Crippen LogP contribution in [0.4, 0.5) is 4.39 Å². The standard InChI is InChI=1S/C8H5FN2O2/c9-6-3-1-5(2-4-6)7-10-8(12)11-13-7/h1-4H,(H,11,12). The topological polar surface area (TPSA) is 58.9 Å². The van der Waals surface area contributed by atoms with E-state index in [0.717, 1.165) is 0 Å². The lowest BCUT2D eigenvalue weighted by Crippen LogP contribution is -1.99. The Morgan fingerprint density at radius 3 is 2.54 bits per heavy atom. The van der Waals surface area contributed by atoms with Crippen LogP contribution in [-0.4, -0.2) is 10.1 Å². The summed E-state index contributed by atoms with van der Waals surface area (Å²) in [5.74, 6) is -0.188. The molecule has 2 rings (SSSR count). The van der Waals surface area contributed by atoms with Crippen molar-refractivity contribution in [3.05, 3.63) is 40.6 Å². The van der Waals surface area contributed by atoms with Gasteiger partial charge in [-0.25, -0.2) is 9.18 Å². The molecule has 0 saturated heterocycles. The van der Waals surface area contributed by atoms with Gasteiger partial charge in [0, 0.05) is 5.56 Å². The molecule has 1 aromatic carbocycles. The van der Waals surface area contributed by atoms with Crippen LogP contribution in [0.3, 0.4) is 0 Å². The highest BCUT2D eigenvalue weighted by Gasteiger charge is 2.04. The first-order chi connectivity index (χ1) is 6.25. The lowest BCUT2D eigenvalue weighted by atomic mass is 10.2. The molecule has 0 radical (unpaired) electrons. The smallest absolute Gasteiger partial charge is 0.357 e. The molecule has 0 aliphatic rings. The summed E-state index contributed by atoms with van der Waals surface area (Å²) in [6.07, 6.45) is 0. The Kier molecular flexibility index (Phi) is 1.70. The molecule has 66 valence electrons. The molecule has 0 fully saturated rings. The van der Waals surface area contributed by atoms with Crippen LogP contribution in [0.2, 0.25) is 0 Å². The van der Waals surface area contributed by atoms with Gasteiger partial charge in [0.2, 0.25) is 0 Å². The van der Waals surface area contributed by atoms with E-state index < -0.39 is 5.69 Å². The van der Waals surface area contributed by atoms with E-state index in [4.69, 9.17) is 4.52 Å². The zero-order valence-electron chi connectivity index (χ0n) is 6.45. The van der Waals surface area contributed by atoms with Gasteiger partial charge in [0.25, 0.3) is 5.89 Å².